The third kappa shape index (κ3) is 9.33. The second-order valence-electron chi connectivity index (χ2n) is 8.95. The van der Waals surface area contributed by atoms with Crippen LogP contribution in [-0.2, 0) is 11.2 Å². The van der Waals surface area contributed by atoms with E-state index in [0.717, 1.165) is 24.0 Å². The molecule has 0 saturated heterocycles. The number of carboxylic acid groups (broad SMARTS) is 1. The lowest BCUT2D eigenvalue weighted by atomic mass is 9.97. The van der Waals surface area contributed by atoms with Gasteiger partial charge in [0.25, 0.3) is 0 Å². The van der Waals surface area contributed by atoms with Crippen molar-refractivity contribution in [3.05, 3.63) is 53.4 Å². The summed E-state index contributed by atoms with van der Waals surface area (Å²) in [6.45, 7) is 6.42. The Morgan fingerprint density at radius 1 is 0.938 bits per heavy atom. The highest BCUT2D eigenvalue weighted by Crippen LogP contribution is 2.21. The number of hydrogen-bond donors (Lipinski definition) is 1. The van der Waals surface area contributed by atoms with E-state index in [-0.39, 0.29) is 0 Å². The fourth-order valence-electron chi connectivity index (χ4n) is 3.75. The maximum atomic E-state index is 11.6. The summed E-state index contributed by atoms with van der Waals surface area (Å²) in [5.41, 5.74) is 3.48. The highest BCUT2D eigenvalue weighted by Gasteiger charge is 2.11. The molecule has 0 amide bonds. The van der Waals surface area contributed by atoms with Crippen LogP contribution in [0.2, 0.25) is 0 Å². The van der Waals surface area contributed by atoms with Crippen molar-refractivity contribution in [2.45, 2.75) is 91.4 Å². The lowest BCUT2D eigenvalue weighted by molar-refractivity contribution is -0.132. The number of carbonyl (C=O) groups is 1. The number of rotatable bonds is 15. The highest BCUT2D eigenvalue weighted by atomic mass is 16.4. The van der Waals surface area contributed by atoms with Crippen molar-refractivity contribution < 1.29 is 9.90 Å². The number of hydrogen-bond acceptors (Lipinski definition) is 3. The molecule has 1 heterocycles. The molecule has 32 heavy (non-hydrogen) atoms. The van der Waals surface area contributed by atoms with Crippen LogP contribution in [0.5, 0.6) is 0 Å². The molecule has 0 unspecified atom stereocenters. The number of benzene rings is 1. The van der Waals surface area contributed by atoms with Gasteiger partial charge >= 0.3 is 5.97 Å². The molecule has 0 aliphatic heterocycles. The molecule has 0 radical (unpaired) electrons. The summed E-state index contributed by atoms with van der Waals surface area (Å²) in [6.07, 6.45) is 18.8. The lowest BCUT2D eigenvalue weighted by Crippen LogP contribution is -2.05. The lowest BCUT2D eigenvalue weighted by Gasteiger charge is -2.09. The summed E-state index contributed by atoms with van der Waals surface area (Å²) in [5, 5.41) is 9.48. The smallest absolute Gasteiger partial charge is 0.331 e. The Labute approximate surface area is 194 Å². The average Bonchev–Trinajstić information content (AvgIpc) is 2.81. The summed E-state index contributed by atoms with van der Waals surface area (Å²) in [7, 11) is 0. The van der Waals surface area contributed by atoms with Crippen molar-refractivity contribution in [2.75, 3.05) is 0 Å². The van der Waals surface area contributed by atoms with Gasteiger partial charge in [0.2, 0.25) is 0 Å². The zero-order valence-electron chi connectivity index (χ0n) is 20.1. The van der Waals surface area contributed by atoms with Crippen LogP contribution in [0, 0.1) is 5.92 Å². The van der Waals surface area contributed by atoms with Gasteiger partial charge in [-0.15, -0.1) is 0 Å². The largest absolute Gasteiger partial charge is 0.478 e. The van der Waals surface area contributed by atoms with E-state index in [1.807, 2.05) is 36.7 Å². The third-order valence-electron chi connectivity index (χ3n) is 6.07. The standard InChI is InChI=1S/C28H40N2O2/c1-4-6-7-8-9-10-11-12-13-24-20-29-27(30-21-24)25-16-14-23(15-17-25)19-26(28(31)32)18-22(3)5-2/h14-17,19-22H,4-13,18H2,1-3H3,(H,31,32)/t22-/m1/s1. The Bertz CT molecular complexity index is 826. The average molecular weight is 437 g/mol. The van der Waals surface area contributed by atoms with Gasteiger partial charge in [-0.1, -0.05) is 96.4 Å². The molecule has 174 valence electrons. The molecule has 4 heteroatoms. The predicted molar refractivity (Wildman–Crippen MR) is 133 cm³/mol. The summed E-state index contributed by atoms with van der Waals surface area (Å²) in [5.74, 6) is 0.220. The Kier molecular flexibility index (Phi) is 11.7. The topological polar surface area (TPSA) is 63.1 Å². The fourth-order valence-corrected chi connectivity index (χ4v) is 3.75. The molecular weight excluding hydrogens is 396 g/mol. The van der Waals surface area contributed by atoms with Gasteiger partial charge in [-0.25, -0.2) is 14.8 Å². The van der Waals surface area contributed by atoms with Crippen LogP contribution in [-0.4, -0.2) is 21.0 Å². The number of carboxylic acids is 1. The van der Waals surface area contributed by atoms with Gasteiger partial charge in [0.1, 0.15) is 0 Å². The van der Waals surface area contributed by atoms with E-state index in [1.165, 1.54) is 56.9 Å². The monoisotopic (exact) mass is 436 g/mol. The zero-order valence-corrected chi connectivity index (χ0v) is 20.1. The zero-order chi connectivity index (χ0) is 23.2. The van der Waals surface area contributed by atoms with Crippen LogP contribution in [0.25, 0.3) is 17.5 Å². The van der Waals surface area contributed by atoms with E-state index in [9.17, 15) is 9.90 Å². The summed E-state index contributed by atoms with van der Waals surface area (Å²) >= 11 is 0. The van der Waals surface area contributed by atoms with Crippen molar-refractivity contribution in [2.24, 2.45) is 5.92 Å². The van der Waals surface area contributed by atoms with Crippen molar-refractivity contribution in [1.29, 1.82) is 0 Å². The molecule has 1 atom stereocenters. The fraction of sp³-hybridized carbons (Fsp3) is 0.536. The summed E-state index contributed by atoms with van der Waals surface area (Å²) < 4.78 is 0. The molecule has 4 nitrogen and oxygen atoms in total. The molecule has 1 aromatic carbocycles. The molecule has 0 aliphatic carbocycles. The van der Waals surface area contributed by atoms with Gasteiger partial charge in [0.15, 0.2) is 5.82 Å². The van der Waals surface area contributed by atoms with Crippen LogP contribution in [0.15, 0.2) is 42.2 Å². The first-order valence-corrected chi connectivity index (χ1v) is 12.4. The molecule has 0 bridgehead atoms. The van der Waals surface area contributed by atoms with Gasteiger partial charge in [-0.3, -0.25) is 0 Å². The van der Waals surface area contributed by atoms with Crippen LogP contribution < -0.4 is 0 Å². The highest BCUT2D eigenvalue weighted by molar-refractivity contribution is 5.92. The van der Waals surface area contributed by atoms with Crippen LogP contribution >= 0.6 is 0 Å². The van der Waals surface area contributed by atoms with E-state index in [2.05, 4.69) is 30.7 Å². The van der Waals surface area contributed by atoms with Gasteiger partial charge in [0, 0.05) is 23.5 Å². The van der Waals surface area contributed by atoms with Gasteiger partial charge in [-0.05, 0) is 42.4 Å². The molecule has 1 aromatic heterocycles. The maximum absolute atomic E-state index is 11.6. The number of unbranched alkanes of at least 4 members (excludes halogenated alkanes) is 7. The Hall–Kier alpha value is -2.49. The SMILES string of the molecule is CCCCCCCCCCc1cnc(-c2ccc(C=C(C[C@H](C)CC)C(=O)O)cc2)nc1. The third-order valence-corrected chi connectivity index (χ3v) is 6.07. The van der Waals surface area contributed by atoms with E-state index in [1.54, 1.807) is 6.08 Å². The first-order valence-electron chi connectivity index (χ1n) is 12.4. The Morgan fingerprint density at radius 3 is 2.09 bits per heavy atom. The molecule has 2 aromatic rings. The van der Waals surface area contributed by atoms with Crippen molar-refractivity contribution in [1.82, 2.24) is 9.97 Å². The summed E-state index contributed by atoms with van der Waals surface area (Å²) in [6, 6.07) is 7.80. The van der Waals surface area contributed by atoms with Crippen LogP contribution in [0.1, 0.15) is 96.1 Å². The minimum Gasteiger partial charge on any atom is -0.478 e. The molecule has 1 N–H and O–H groups in total. The summed E-state index contributed by atoms with van der Waals surface area (Å²) in [4.78, 5) is 20.6. The Morgan fingerprint density at radius 2 is 1.53 bits per heavy atom. The molecule has 0 saturated carbocycles. The van der Waals surface area contributed by atoms with Crippen LogP contribution in [0.3, 0.4) is 0 Å². The molecule has 0 aliphatic rings. The van der Waals surface area contributed by atoms with Crippen LogP contribution in [0.4, 0.5) is 0 Å². The number of aryl methyl sites for hydroxylation is 1. The molecule has 0 spiro atoms. The van der Waals surface area contributed by atoms with E-state index in [0.29, 0.717) is 23.7 Å². The normalized spacial score (nSPS) is 12.7. The van der Waals surface area contributed by atoms with Gasteiger partial charge in [-0.2, -0.15) is 0 Å². The second-order valence-corrected chi connectivity index (χ2v) is 8.95. The number of aromatic nitrogens is 2. The van der Waals surface area contributed by atoms with Crippen molar-refractivity contribution in [3.8, 4) is 11.4 Å². The van der Waals surface area contributed by atoms with Crippen molar-refractivity contribution >= 4 is 12.0 Å². The minimum atomic E-state index is -0.843. The molecule has 0 fully saturated rings. The van der Waals surface area contributed by atoms with Gasteiger partial charge < -0.3 is 5.11 Å². The quantitative estimate of drug-likeness (QED) is 0.229. The molecular formula is C28H40N2O2. The van der Waals surface area contributed by atoms with E-state index in [4.69, 9.17) is 0 Å². The van der Waals surface area contributed by atoms with E-state index >= 15 is 0 Å². The maximum Gasteiger partial charge on any atom is 0.331 e. The second kappa shape index (κ2) is 14.5. The predicted octanol–water partition coefficient (Wildman–Crippen LogP) is 7.73. The minimum absolute atomic E-state index is 0.356. The number of aliphatic carboxylic acids is 1. The molecule has 2 rings (SSSR count). The first-order chi connectivity index (χ1) is 15.5. The van der Waals surface area contributed by atoms with Gasteiger partial charge in [0.05, 0.1) is 0 Å². The van der Waals surface area contributed by atoms with Crippen molar-refractivity contribution in [3.63, 3.8) is 0 Å². The Balaban J connectivity index is 1.86. The first kappa shape index (κ1) is 25.8. The van der Waals surface area contributed by atoms with E-state index < -0.39 is 5.97 Å². The number of nitrogens with zero attached hydrogens (tertiary/aromatic N) is 2.